The number of aromatic hydroxyl groups is 1. The first-order valence-corrected chi connectivity index (χ1v) is 7.64. The molecule has 0 aliphatic carbocycles. The third kappa shape index (κ3) is 3.03. The van der Waals surface area contributed by atoms with Crippen molar-refractivity contribution in [1.29, 1.82) is 0 Å². The van der Waals surface area contributed by atoms with E-state index in [4.69, 9.17) is 5.73 Å². The summed E-state index contributed by atoms with van der Waals surface area (Å²) in [5.41, 5.74) is 9.72. The quantitative estimate of drug-likeness (QED) is 0.906. The maximum atomic E-state index is 9.85. The predicted octanol–water partition coefficient (Wildman–Crippen LogP) is 3.43. The molecule has 3 N–H and O–H groups in total. The normalized spacial score (nSPS) is 16.7. The molecule has 2 aromatic carbocycles. The number of hydrogen-bond acceptors (Lipinski definition) is 3. The fourth-order valence-corrected chi connectivity index (χ4v) is 3.04. The van der Waals surface area contributed by atoms with Gasteiger partial charge in [0.05, 0.1) is 6.04 Å². The molecule has 1 heterocycles. The van der Waals surface area contributed by atoms with E-state index in [2.05, 4.69) is 17.0 Å². The van der Waals surface area contributed by atoms with Gasteiger partial charge in [-0.2, -0.15) is 0 Å². The zero-order chi connectivity index (χ0) is 14.7. The van der Waals surface area contributed by atoms with Gasteiger partial charge in [-0.25, -0.2) is 0 Å². The fraction of sp³-hybridized carbons (Fsp3) is 0.333. The summed E-state index contributed by atoms with van der Waals surface area (Å²) >= 11 is 0. The van der Waals surface area contributed by atoms with Crippen LogP contribution in [-0.2, 0) is 0 Å². The first-order valence-electron chi connectivity index (χ1n) is 7.64. The zero-order valence-electron chi connectivity index (χ0n) is 12.2. The summed E-state index contributed by atoms with van der Waals surface area (Å²) in [6.45, 7) is 2.08. The summed E-state index contributed by atoms with van der Waals surface area (Å²) in [5.74, 6) is 0.305. The molecule has 1 aliphatic rings. The predicted molar refractivity (Wildman–Crippen MR) is 86.6 cm³/mol. The van der Waals surface area contributed by atoms with Gasteiger partial charge in [0.25, 0.3) is 0 Å². The maximum Gasteiger partial charge on any atom is 0.117 e. The Balaban J connectivity index is 1.97. The first-order chi connectivity index (χ1) is 10.3. The second-order valence-corrected chi connectivity index (χ2v) is 5.68. The van der Waals surface area contributed by atoms with Crippen LogP contribution in [0.1, 0.15) is 36.4 Å². The molecule has 0 radical (unpaired) electrons. The van der Waals surface area contributed by atoms with E-state index in [0.29, 0.717) is 5.75 Å². The van der Waals surface area contributed by atoms with Crippen molar-refractivity contribution < 1.29 is 5.11 Å². The number of piperidine rings is 1. The molecule has 0 amide bonds. The molecule has 3 heteroatoms. The molecule has 21 heavy (non-hydrogen) atoms. The van der Waals surface area contributed by atoms with Crippen molar-refractivity contribution in [3.05, 3.63) is 59.7 Å². The molecule has 0 aromatic heterocycles. The lowest BCUT2D eigenvalue weighted by Gasteiger charge is -2.32. The van der Waals surface area contributed by atoms with Crippen molar-refractivity contribution in [2.75, 3.05) is 18.0 Å². The monoisotopic (exact) mass is 282 g/mol. The van der Waals surface area contributed by atoms with Gasteiger partial charge < -0.3 is 15.7 Å². The van der Waals surface area contributed by atoms with Crippen LogP contribution >= 0.6 is 0 Å². The number of benzene rings is 2. The summed E-state index contributed by atoms with van der Waals surface area (Å²) in [6, 6.07) is 15.5. The molecule has 1 aliphatic heterocycles. The first kappa shape index (κ1) is 14.0. The van der Waals surface area contributed by atoms with Gasteiger partial charge in [0.2, 0.25) is 0 Å². The largest absolute Gasteiger partial charge is 0.508 e. The van der Waals surface area contributed by atoms with Crippen LogP contribution < -0.4 is 10.6 Å². The third-order valence-corrected chi connectivity index (χ3v) is 4.20. The number of rotatable bonds is 3. The highest BCUT2D eigenvalue weighted by Gasteiger charge is 2.19. The minimum atomic E-state index is -0.163. The summed E-state index contributed by atoms with van der Waals surface area (Å²) in [4.78, 5) is 2.35. The Morgan fingerprint density at radius 3 is 2.38 bits per heavy atom. The molecule has 3 nitrogen and oxygen atoms in total. The molecule has 1 fully saturated rings. The average molecular weight is 282 g/mol. The molecule has 0 saturated carbocycles. The Labute approximate surface area is 126 Å². The van der Waals surface area contributed by atoms with Gasteiger partial charge in [0.1, 0.15) is 5.75 Å². The SMILES string of the molecule is NC(c1ccccc1)c1ccc(O)cc1N1CCCCC1. The summed E-state index contributed by atoms with van der Waals surface area (Å²) in [6.07, 6.45) is 3.70. The number of hydrogen-bond donors (Lipinski definition) is 2. The standard InChI is InChI=1S/C18H22N2O/c19-18(14-7-3-1-4-8-14)16-10-9-15(21)13-17(16)20-11-5-2-6-12-20/h1,3-4,7-10,13,18,21H,2,5-6,11-12,19H2. The van der Waals surface area contributed by atoms with Crippen LogP contribution in [0.15, 0.2) is 48.5 Å². The third-order valence-electron chi connectivity index (χ3n) is 4.20. The van der Waals surface area contributed by atoms with Crippen molar-refractivity contribution in [3.8, 4) is 5.75 Å². The van der Waals surface area contributed by atoms with Gasteiger partial charge in [-0.3, -0.25) is 0 Å². The molecule has 2 aromatic rings. The lowest BCUT2D eigenvalue weighted by molar-refractivity contribution is 0.474. The maximum absolute atomic E-state index is 9.85. The van der Waals surface area contributed by atoms with Gasteiger partial charge in [-0.15, -0.1) is 0 Å². The van der Waals surface area contributed by atoms with Crippen LogP contribution in [-0.4, -0.2) is 18.2 Å². The Bertz CT molecular complexity index is 591. The number of nitrogens with two attached hydrogens (primary N) is 1. The number of phenolic OH excluding ortho intramolecular Hbond substituents is 1. The van der Waals surface area contributed by atoms with Crippen LogP contribution in [0.25, 0.3) is 0 Å². The smallest absolute Gasteiger partial charge is 0.117 e. The molecule has 1 unspecified atom stereocenters. The van der Waals surface area contributed by atoms with Crippen molar-refractivity contribution in [2.24, 2.45) is 5.73 Å². The van der Waals surface area contributed by atoms with Crippen LogP contribution in [0.2, 0.25) is 0 Å². The van der Waals surface area contributed by atoms with Crippen LogP contribution in [0.5, 0.6) is 5.75 Å². The van der Waals surface area contributed by atoms with E-state index in [0.717, 1.165) is 29.9 Å². The molecular formula is C18H22N2O. The number of nitrogens with zero attached hydrogens (tertiary/aromatic N) is 1. The minimum absolute atomic E-state index is 0.163. The van der Waals surface area contributed by atoms with Crippen molar-refractivity contribution in [3.63, 3.8) is 0 Å². The second-order valence-electron chi connectivity index (χ2n) is 5.68. The van der Waals surface area contributed by atoms with E-state index in [-0.39, 0.29) is 6.04 Å². The van der Waals surface area contributed by atoms with Gasteiger partial charge in [-0.05, 0) is 36.5 Å². The second kappa shape index (κ2) is 6.19. The van der Waals surface area contributed by atoms with Crippen molar-refractivity contribution in [2.45, 2.75) is 25.3 Å². The van der Waals surface area contributed by atoms with Crippen LogP contribution in [0.3, 0.4) is 0 Å². The van der Waals surface area contributed by atoms with E-state index in [1.165, 1.54) is 19.3 Å². The fourth-order valence-electron chi connectivity index (χ4n) is 3.04. The Morgan fingerprint density at radius 1 is 0.952 bits per heavy atom. The van der Waals surface area contributed by atoms with Crippen molar-refractivity contribution >= 4 is 5.69 Å². The van der Waals surface area contributed by atoms with Crippen molar-refractivity contribution in [1.82, 2.24) is 0 Å². The molecule has 3 rings (SSSR count). The number of phenols is 1. The molecule has 0 spiro atoms. The Morgan fingerprint density at radius 2 is 1.67 bits per heavy atom. The number of anilines is 1. The van der Waals surface area contributed by atoms with Crippen LogP contribution in [0.4, 0.5) is 5.69 Å². The lowest BCUT2D eigenvalue weighted by Crippen LogP contribution is -2.31. The summed E-state index contributed by atoms with van der Waals surface area (Å²) in [7, 11) is 0. The van der Waals surface area contributed by atoms with Gasteiger partial charge in [0, 0.05) is 24.8 Å². The topological polar surface area (TPSA) is 49.5 Å². The van der Waals surface area contributed by atoms with Gasteiger partial charge >= 0.3 is 0 Å². The minimum Gasteiger partial charge on any atom is -0.508 e. The molecular weight excluding hydrogens is 260 g/mol. The highest BCUT2D eigenvalue weighted by Crippen LogP contribution is 2.33. The summed E-state index contributed by atoms with van der Waals surface area (Å²) < 4.78 is 0. The van der Waals surface area contributed by atoms with E-state index >= 15 is 0 Å². The summed E-state index contributed by atoms with van der Waals surface area (Å²) in [5, 5.41) is 9.85. The van der Waals surface area contributed by atoms with E-state index < -0.39 is 0 Å². The van der Waals surface area contributed by atoms with Crippen LogP contribution in [0, 0.1) is 0 Å². The molecule has 1 saturated heterocycles. The average Bonchev–Trinajstić information content (AvgIpc) is 2.56. The lowest BCUT2D eigenvalue weighted by atomic mass is 9.96. The van der Waals surface area contributed by atoms with E-state index in [1.807, 2.05) is 30.3 Å². The Hall–Kier alpha value is -2.00. The van der Waals surface area contributed by atoms with E-state index in [9.17, 15) is 5.11 Å². The van der Waals surface area contributed by atoms with E-state index in [1.54, 1.807) is 6.07 Å². The molecule has 1 atom stereocenters. The van der Waals surface area contributed by atoms with Gasteiger partial charge in [0.15, 0.2) is 0 Å². The zero-order valence-corrected chi connectivity index (χ0v) is 12.2. The van der Waals surface area contributed by atoms with Gasteiger partial charge in [-0.1, -0.05) is 36.4 Å². The molecule has 110 valence electrons. The Kier molecular flexibility index (Phi) is 4.11. The highest BCUT2D eigenvalue weighted by atomic mass is 16.3. The molecule has 0 bridgehead atoms. The highest BCUT2D eigenvalue weighted by molar-refractivity contribution is 5.60.